The monoisotopic (exact) mass is 333 g/mol. The number of hydrogen-bond acceptors (Lipinski definition) is 5. The van der Waals surface area contributed by atoms with Crippen LogP contribution in [0, 0.1) is 19.7 Å². The molecule has 6 nitrogen and oxygen atoms in total. The molecule has 0 bridgehead atoms. The highest BCUT2D eigenvalue weighted by Gasteiger charge is 2.17. The summed E-state index contributed by atoms with van der Waals surface area (Å²) in [7, 11) is 0. The largest absolute Gasteiger partial charge is 0.378 e. The molecule has 128 valence electrons. The van der Waals surface area contributed by atoms with Gasteiger partial charge >= 0.3 is 0 Å². The zero-order valence-electron chi connectivity index (χ0n) is 13.8. The van der Waals surface area contributed by atoms with Crippen LogP contribution in [0.25, 0.3) is 0 Å². The van der Waals surface area contributed by atoms with Crippen LogP contribution in [0.15, 0.2) is 22.7 Å². The Bertz CT molecular complexity index is 719. The molecule has 0 unspecified atom stereocenters. The van der Waals surface area contributed by atoms with E-state index in [-0.39, 0.29) is 18.1 Å². The summed E-state index contributed by atoms with van der Waals surface area (Å²) in [4.78, 5) is 14.1. The third kappa shape index (κ3) is 3.56. The van der Waals surface area contributed by atoms with E-state index >= 15 is 0 Å². The van der Waals surface area contributed by atoms with Gasteiger partial charge in [0.25, 0.3) is 0 Å². The molecular formula is C17H20FN3O3. The number of ether oxygens (including phenoxy) is 1. The van der Waals surface area contributed by atoms with Gasteiger partial charge in [-0.05, 0) is 32.0 Å². The third-order valence-corrected chi connectivity index (χ3v) is 4.10. The van der Waals surface area contributed by atoms with Crippen LogP contribution in [-0.4, -0.2) is 37.4 Å². The number of rotatable bonds is 4. The van der Waals surface area contributed by atoms with Gasteiger partial charge in [0.1, 0.15) is 11.6 Å². The quantitative estimate of drug-likeness (QED) is 0.931. The number of amides is 1. The Kier molecular flexibility index (Phi) is 4.80. The molecule has 1 aromatic heterocycles. The van der Waals surface area contributed by atoms with Crippen molar-refractivity contribution < 1.29 is 18.4 Å². The lowest BCUT2D eigenvalue weighted by Crippen LogP contribution is -2.36. The first-order valence-corrected chi connectivity index (χ1v) is 7.88. The standard InChI is InChI=1S/C17H20FN3O3/c1-11-14(12(2)24-20-11)10-17(22)19-13-3-4-16(15(18)9-13)21-5-7-23-8-6-21/h3-4,9H,5-8,10H2,1-2H3,(H,19,22). The SMILES string of the molecule is Cc1noc(C)c1CC(=O)Nc1ccc(N2CCOCC2)c(F)c1. The highest BCUT2D eigenvalue weighted by molar-refractivity contribution is 5.92. The Labute approximate surface area is 139 Å². The molecule has 0 aliphatic carbocycles. The second-order valence-corrected chi connectivity index (χ2v) is 5.79. The lowest BCUT2D eigenvalue weighted by atomic mass is 10.1. The average Bonchev–Trinajstić information content (AvgIpc) is 2.88. The summed E-state index contributed by atoms with van der Waals surface area (Å²) in [6, 6.07) is 4.74. The van der Waals surface area contributed by atoms with Crippen molar-refractivity contribution in [3.05, 3.63) is 41.0 Å². The second-order valence-electron chi connectivity index (χ2n) is 5.79. The number of carbonyl (C=O) groups is 1. The predicted molar refractivity (Wildman–Crippen MR) is 87.7 cm³/mol. The van der Waals surface area contributed by atoms with Crippen LogP contribution in [0.3, 0.4) is 0 Å². The minimum atomic E-state index is -0.355. The zero-order chi connectivity index (χ0) is 17.1. The summed E-state index contributed by atoms with van der Waals surface area (Å²) in [5, 5.41) is 6.54. The van der Waals surface area contributed by atoms with E-state index in [2.05, 4.69) is 10.5 Å². The van der Waals surface area contributed by atoms with E-state index in [0.29, 0.717) is 49.1 Å². The maximum atomic E-state index is 14.3. The fourth-order valence-electron chi connectivity index (χ4n) is 2.77. The van der Waals surface area contributed by atoms with Crippen molar-refractivity contribution in [1.82, 2.24) is 5.16 Å². The topological polar surface area (TPSA) is 67.6 Å². The van der Waals surface area contributed by atoms with Gasteiger partial charge < -0.3 is 19.5 Å². The van der Waals surface area contributed by atoms with Gasteiger partial charge in [-0.15, -0.1) is 0 Å². The first-order chi connectivity index (χ1) is 11.5. The van der Waals surface area contributed by atoms with E-state index in [1.165, 1.54) is 6.07 Å². The van der Waals surface area contributed by atoms with Gasteiger partial charge in [0.15, 0.2) is 0 Å². The number of nitrogens with one attached hydrogen (secondary N) is 1. The van der Waals surface area contributed by atoms with Gasteiger partial charge in [0.05, 0.1) is 31.0 Å². The molecule has 0 spiro atoms. The van der Waals surface area contributed by atoms with Crippen LogP contribution < -0.4 is 10.2 Å². The molecule has 2 heterocycles. The summed E-state index contributed by atoms with van der Waals surface area (Å²) in [5.41, 5.74) is 2.41. The van der Waals surface area contributed by atoms with Crippen molar-refractivity contribution in [2.24, 2.45) is 0 Å². The van der Waals surface area contributed by atoms with Crippen molar-refractivity contribution in [3.8, 4) is 0 Å². The summed E-state index contributed by atoms with van der Waals surface area (Å²) >= 11 is 0. The maximum absolute atomic E-state index is 14.3. The Balaban J connectivity index is 1.67. The highest BCUT2D eigenvalue weighted by Crippen LogP contribution is 2.24. The fourth-order valence-corrected chi connectivity index (χ4v) is 2.77. The van der Waals surface area contributed by atoms with E-state index in [1.54, 1.807) is 26.0 Å². The summed E-state index contributed by atoms with van der Waals surface area (Å²) in [6.45, 7) is 6.06. The van der Waals surface area contributed by atoms with E-state index < -0.39 is 0 Å². The van der Waals surface area contributed by atoms with Crippen molar-refractivity contribution in [2.75, 3.05) is 36.5 Å². The molecule has 3 rings (SSSR count). The van der Waals surface area contributed by atoms with Gasteiger partial charge in [0.2, 0.25) is 5.91 Å². The predicted octanol–water partition coefficient (Wildman–Crippen LogP) is 2.45. The summed E-state index contributed by atoms with van der Waals surface area (Å²) < 4.78 is 24.6. The molecule has 1 saturated heterocycles. The molecule has 0 radical (unpaired) electrons. The zero-order valence-corrected chi connectivity index (χ0v) is 13.8. The molecule has 0 saturated carbocycles. The van der Waals surface area contributed by atoms with E-state index in [9.17, 15) is 9.18 Å². The molecule has 1 aliphatic rings. The molecular weight excluding hydrogens is 313 g/mol. The van der Waals surface area contributed by atoms with Gasteiger partial charge in [0, 0.05) is 24.3 Å². The van der Waals surface area contributed by atoms with Crippen LogP contribution in [0.2, 0.25) is 0 Å². The molecule has 1 amide bonds. The van der Waals surface area contributed by atoms with Crippen LogP contribution in [-0.2, 0) is 16.0 Å². The number of hydrogen-bond donors (Lipinski definition) is 1. The molecule has 1 fully saturated rings. The van der Waals surface area contributed by atoms with Crippen molar-refractivity contribution in [3.63, 3.8) is 0 Å². The van der Waals surface area contributed by atoms with Gasteiger partial charge in [-0.1, -0.05) is 5.16 Å². The van der Waals surface area contributed by atoms with Crippen molar-refractivity contribution in [1.29, 1.82) is 0 Å². The number of aromatic nitrogens is 1. The number of aryl methyl sites for hydroxylation is 2. The van der Waals surface area contributed by atoms with E-state index in [0.717, 1.165) is 5.56 Å². The lowest BCUT2D eigenvalue weighted by Gasteiger charge is -2.29. The van der Waals surface area contributed by atoms with Gasteiger partial charge in [-0.25, -0.2) is 4.39 Å². The van der Waals surface area contributed by atoms with Crippen molar-refractivity contribution in [2.45, 2.75) is 20.3 Å². The number of halogens is 1. The first kappa shape index (κ1) is 16.4. The van der Waals surface area contributed by atoms with E-state index in [1.807, 2.05) is 4.90 Å². The van der Waals surface area contributed by atoms with Crippen LogP contribution in [0.4, 0.5) is 15.8 Å². The summed E-state index contributed by atoms with van der Waals surface area (Å²) in [6.07, 6.45) is 0.147. The Hall–Kier alpha value is -2.41. The molecule has 1 aliphatic heterocycles. The lowest BCUT2D eigenvalue weighted by molar-refractivity contribution is -0.115. The van der Waals surface area contributed by atoms with Gasteiger partial charge in [-0.2, -0.15) is 0 Å². The highest BCUT2D eigenvalue weighted by atomic mass is 19.1. The van der Waals surface area contributed by atoms with Gasteiger partial charge in [-0.3, -0.25) is 4.79 Å². The normalized spacial score (nSPS) is 14.7. The molecule has 0 atom stereocenters. The van der Waals surface area contributed by atoms with Crippen molar-refractivity contribution >= 4 is 17.3 Å². The Morgan fingerprint density at radius 1 is 1.33 bits per heavy atom. The number of benzene rings is 1. The number of morpholine rings is 1. The number of nitrogens with zero attached hydrogens (tertiary/aromatic N) is 2. The Morgan fingerprint density at radius 3 is 2.71 bits per heavy atom. The Morgan fingerprint density at radius 2 is 2.08 bits per heavy atom. The molecule has 7 heteroatoms. The number of anilines is 2. The first-order valence-electron chi connectivity index (χ1n) is 7.88. The molecule has 1 N–H and O–H groups in total. The molecule has 1 aromatic carbocycles. The smallest absolute Gasteiger partial charge is 0.229 e. The number of carbonyl (C=O) groups excluding carboxylic acids is 1. The average molecular weight is 333 g/mol. The molecule has 24 heavy (non-hydrogen) atoms. The van der Waals surface area contributed by atoms with Crippen LogP contribution >= 0.6 is 0 Å². The fraction of sp³-hybridized carbons (Fsp3) is 0.412. The van der Waals surface area contributed by atoms with Crippen LogP contribution in [0.1, 0.15) is 17.0 Å². The maximum Gasteiger partial charge on any atom is 0.229 e. The third-order valence-electron chi connectivity index (χ3n) is 4.10. The minimum absolute atomic E-state index is 0.147. The van der Waals surface area contributed by atoms with Crippen LogP contribution in [0.5, 0.6) is 0 Å². The minimum Gasteiger partial charge on any atom is -0.378 e. The van der Waals surface area contributed by atoms with E-state index in [4.69, 9.17) is 9.26 Å². The second kappa shape index (κ2) is 7.00. The summed E-state index contributed by atoms with van der Waals surface area (Å²) in [5.74, 6) is 0.0338. The molecule has 2 aromatic rings.